The lowest BCUT2D eigenvalue weighted by Gasteiger charge is -1.89. The molecule has 0 amide bonds. The average molecular weight is 205 g/mol. The lowest BCUT2D eigenvalue weighted by Crippen LogP contribution is -1.86. The van der Waals surface area contributed by atoms with E-state index in [-0.39, 0.29) is 17.3 Å². The molecule has 0 saturated carbocycles. The summed E-state index contributed by atoms with van der Waals surface area (Å²) in [6.45, 7) is 0. The van der Waals surface area contributed by atoms with Gasteiger partial charge in [-0.25, -0.2) is 0 Å². The second-order valence-electron chi connectivity index (χ2n) is 2.91. The summed E-state index contributed by atoms with van der Waals surface area (Å²) >= 11 is 0. The van der Waals surface area contributed by atoms with Crippen LogP contribution >= 0.6 is 0 Å². The third-order valence-corrected chi connectivity index (χ3v) is 2.05. The van der Waals surface area contributed by atoms with Gasteiger partial charge in [-0.3, -0.25) is 10.1 Å². The monoisotopic (exact) mass is 205 g/mol. The van der Waals surface area contributed by atoms with Crippen molar-refractivity contribution < 1.29 is 10.0 Å². The highest BCUT2D eigenvalue weighted by Gasteiger charge is 2.23. The van der Waals surface area contributed by atoms with Crippen molar-refractivity contribution in [3.63, 3.8) is 0 Å². The Morgan fingerprint density at radius 2 is 2.27 bits per heavy atom. The molecule has 1 aromatic heterocycles. The zero-order chi connectivity index (χ0) is 11.0. The van der Waals surface area contributed by atoms with Gasteiger partial charge in [0.15, 0.2) is 4.98 Å². The lowest BCUT2D eigenvalue weighted by atomic mass is 10.2. The SMILES string of the molecule is N#[N+]c1c(O)[nH]c2ccc([N+](=O)[O-])cc12. The van der Waals surface area contributed by atoms with Gasteiger partial charge in [0, 0.05) is 12.1 Å². The number of rotatable bonds is 1. The Morgan fingerprint density at radius 3 is 2.87 bits per heavy atom. The van der Waals surface area contributed by atoms with Crippen LogP contribution in [0, 0.1) is 15.5 Å². The highest BCUT2D eigenvalue weighted by molar-refractivity contribution is 5.97. The molecule has 0 radical (unpaired) electrons. The van der Waals surface area contributed by atoms with E-state index in [9.17, 15) is 15.2 Å². The highest BCUT2D eigenvalue weighted by Crippen LogP contribution is 2.36. The third kappa shape index (κ3) is 1.24. The van der Waals surface area contributed by atoms with Crippen LogP contribution in [0.4, 0.5) is 11.4 Å². The zero-order valence-electron chi connectivity index (χ0n) is 7.34. The number of aromatic nitrogens is 1. The molecule has 0 fully saturated rings. The first-order chi connectivity index (χ1) is 7.13. The van der Waals surface area contributed by atoms with Crippen LogP contribution in [0.15, 0.2) is 18.2 Å². The summed E-state index contributed by atoms with van der Waals surface area (Å²) in [6, 6.07) is 3.95. The molecule has 0 atom stereocenters. The van der Waals surface area contributed by atoms with Crippen molar-refractivity contribution in [1.82, 2.24) is 4.98 Å². The first-order valence-corrected chi connectivity index (χ1v) is 3.97. The van der Waals surface area contributed by atoms with Crippen molar-refractivity contribution in [1.29, 1.82) is 5.39 Å². The number of benzene rings is 1. The van der Waals surface area contributed by atoms with Crippen LogP contribution in [0.5, 0.6) is 5.88 Å². The van der Waals surface area contributed by atoms with Crippen LogP contribution < -0.4 is 0 Å². The first kappa shape index (κ1) is 8.96. The summed E-state index contributed by atoms with van der Waals surface area (Å²) in [7, 11) is 0. The minimum atomic E-state index is -0.565. The van der Waals surface area contributed by atoms with Crippen LogP contribution in [-0.4, -0.2) is 15.0 Å². The molecule has 0 saturated heterocycles. The second kappa shape index (κ2) is 2.95. The predicted octanol–water partition coefficient (Wildman–Crippen LogP) is 2.27. The summed E-state index contributed by atoms with van der Waals surface area (Å²) in [6.07, 6.45) is 0. The lowest BCUT2D eigenvalue weighted by molar-refractivity contribution is -0.384. The number of aromatic amines is 1. The molecule has 0 aliphatic heterocycles. The summed E-state index contributed by atoms with van der Waals surface area (Å²) in [5.41, 5.74) is 0.228. The van der Waals surface area contributed by atoms with Gasteiger partial charge in [0.2, 0.25) is 5.39 Å². The van der Waals surface area contributed by atoms with E-state index in [1.54, 1.807) is 0 Å². The van der Waals surface area contributed by atoms with Crippen LogP contribution in [0.3, 0.4) is 0 Å². The molecule has 0 unspecified atom stereocenters. The van der Waals surface area contributed by atoms with Crippen molar-refractivity contribution in [2.75, 3.05) is 0 Å². The van der Waals surface area contributed by atoms with Crippen molar-refractivity contribution in [2.24, 2.45) is 0 Å². The summed E-state index contributed by atoms with van der Waals surface area (Å²) in [5, 5.41) is 28.7. The molecule has 74 valence electrons. The van der Waals surface area contributed by atoms with E-state index in [4.69, 9.17) is 5.39 Å². The van der Waals surface area contributed by atoms with E-state index < -0.39 is 4.92 Å². The normalized spacial score (nSPS) is 10.1. The average Bonchev–Trinajstić information content (AvgIpc) is 2.51. The van der Waals surface area contributed by atoms with Crippen LogP contribution in [0.25, 0.3) is 15.9 Å². The number of nitrogens with one attached hydrogen (secondary N) is 1. The van der Waals surface area contributed by atoms with E-state index in [1.807, 2.05) is 0 Å². The van der Waals surface area contributed by atoms with Gasteiger partial charge in [-0.15, -0.1) is 0 Å². The molecule has 1 heterocycles. The number of nitrogens with zero attached hydrogens (tertiary/aromatic N) is 3. The molecule has 2 N–H and O–H groups in total. The zero-order valence-corrected chi connectivity index (χ0v) is 7.34. The maximum Gasteiger partial charge on any atom is 0.453 e. The topological polar surface area (TPSA) is 107 Å². The maximum absolute atomic E-state index is 10.5. The molecule has 1 aromatic carbocycles. The van der Waals surface area contributed by atoms with E-state index in [0.717, 1.165) is 0 Å². The smallest absolute Gasteiger partial charge is 0.453 e. The van der Waals surface area contributed by atoms with Crippen molar-refractivity contribution in [3.8, 4) is 5.88 Å². The Morgan fingerprint density at radius 1 is 1.53 bits per heavy atom. The van der Waals surface area contributed by atoms with Crippen LogP contribution in [-0.2, 0) is 0 Å². The fourth-order valence-corrected chi connectivity index (χ4v) is 1.37. The van der Waals surface area contributed by atoms with Gasteiger partial charge < -0.3 is 10.1 Å². The summed E-state index contributed by atoms with van der Waals surface area (Å²) < 4.78 is 0. The minimum absolute atomic E-state index is 0.103. The van der Waals surface area contributed by atoms with Gasteiger partial charge in [-0.1, -0.05) is 0 Å². The van der Waals surface area contributed by atoms with Gasteiger partial charge in [0.05, 0.1) is 10.4 Å². The highest BCUT2D eigenvalue weighted by atomic mass is 16.6. The summed E-state index contributed by atoms with van der Waals surface area (Å²) in [4.78, 5) is 15.3. The molecule has 7 nitrogen and oxygen atoms in total. The molecule has 0 aliphatic carbocycles. The molecule has 0 bridgehead atoms. The van der Waals surface area contributed by atoms with Crippen molar-refractivity contribution in [3.05, 3.63) is 33.3 Å². The second-order valence-corrected chi connectivity index (χ2v) is 2.91. The molecule has 2 rings (SSSR count). The van der Waals surface area contributed by atoms with E-state index >= 15 is 0 Å². The Bertz CT molecular complexity index is 596. The molecule has 0 aliphatic rings. The van der Waals surface area contributed by atoms with Gasteiger partial charge >= 0.3 is 5.69 Å². The number of diazo groups is 1. The van der Waals surface area contributed by atoms with Crippen LogP contribution in [0.2, 0.25) is 0 Å². The Hall–Kier alpha value is -2.62. The number of aromatic hydroxyl groups is 1. The number of nitro benzene ring substituents is 1. The van der Waals surface area contributed by atoms with Gasteiger partial charge in [-0.2, -0.15) is 0 Å². The van der Waals surface area contributed by atoms with Gasteiger partial charge in [0.1, 0.15) is 5.39 Å². The molecule has 15 heavy (non-hydrogen) atoms. The largest absolute Gasteiger partial charge is 0.489 e. The maximum atomic E-state index is 10.5. The molecule has 7 heteroatoms. The standard InChI is InChI=1S/C8H4N4O3/c9-11-7-5-3-4(12(14)15)1-2-6(5)10-8(7)13/h1-3,9H/p+1. The quantitative estimate of drug-likeness (QED) is 0.422. The van der Waals surface area contributed by atoms with E-state index in [2.05, 4.69) is 9.96 Å². The van der Waals surface area contributed by atoms with Crippen molar-refractivity contribution >= 4 is 22.3 Å². The van der Waals surface area contributed by atoms with Gasteiger partial charge in [-0.05, 0) is 6.07 Å². The number of hydrogen-bond acceptors (Lipinski definition) is 4. The first-order valence-electron chi connectivity index (χ1n) is 3.97. The van der Waals surface area contributed by atoms with Gasteiger partial charge in [0.25, 0.3) is 11.6 Å². The fourth-order valence-electron chi connectivity index (χ4n) is 1.37. The number of H-pyrrole nitrogens is 1. The Balaban J connectivity index is 2.80. The summed E-state index contributed by atoms with van der Waals surface area (Å²) in [5.74, 6) is -0.326. The predicted molar refractivity (Wildman–Crippen MR) is 51.4 cm³/mol. The third-order valence-electron chi connectivity index (χ3n) is 2.05. The minimum Gasteiger partial charge on any atom is -0.489 e. The molecular formula is C8H5N4O3+. The molecule has 0 spiro atoms. The molecule has 2 aromatic rings. The number of nitro groups is 1. The number of hydrogen-bond donors (Lipinski definition) is 2. The fraction of sp³-hybridized carbons (Fsp3) is 0. The van der Waals surface area contributed by atoms with Crippen LogP contribution in [0.1, 0.15) is 0 Å². The number of non-ortho nitro benzene ring substituents is 1. The van der Waals surface area contributed by atoms with Crippen molar-refractivity contribution in [2.45, 2.75) is 0 Å². The van der Waals surface area contributed by atoms with E-state index in [0.29, 0.717) is 10.9 Å². The van der Waals surface area contributed by atoms with E-state index in [1.165, 1.54) is 18.2 Å². The Kier molecular flexibility index (Phi) is 1.76. The Labute approximate surface area is 82.7 Å². The number of fused-ring (bicyclic) bond motifs is 1. The molecular weight excluding hydrogens is 200 g/mol.